The number of fused-ring (bicyclic) bond motifs is 1. The van der Waals surface area contributed by atoms with Crippen LogP contribution in [0.25, 0.3) is 10.9 Å². The van der Waals surface area contributed by atoms with E-state index in [1.54, 1.807) is 7.11 Å². The first-order chi connectivity index (χ1) is 10.3. The lowest BCUT2D eigenvalue weighted by Crippen LogP contribution is -2.18. The molecule has 1 aromatic heterocycles. The van der Waals surface area contributed by atoms with Gasteiger partial charge < -0.3 is 4.74 Å². The Kier molecular flexibility index (Phi) is 4.78. The van der Waals surface area contributed by atoms with E-state index in [1.165, 1.54) is 31.5 Å². The number of hydrogen-bond acceptors (Lipinski definition) is 4. The Morgan fingerprint density at radius 2 is 2.10 bits per heavy atom. The van der Waals surface area contributed by atoms with Gasteiger partial charge in [0.05, 0.1) is 5.52 Å². The normalized spacial score (nSPS) is 15.9. The second-order valence-corrected chi connectivity index (χ2v) is 5.76. The van der Waals surface area contributed by atoms with Crippen LogP contribution in [0.3, 0.4) is 0 Å². The number of benzene rings is 1. The van der Waals surface area contributed by atoms with Crippen LogP contribution < -0.4 is 0 Å². The predicted octanol–water partition coefficient (Wildman–Crippen LogP) is 2.80. The third-order valence-corrected chi connectivity index (χ3v) is 4.05. The Morgan fingerprint density at radius 1 is 1.24 bits per heavy atom. The van der Waals surface area contributed by atoms with Crippen LogP contribution in [0.4, 0.5) is 0 Å². The van der Waals surface area contributed by atoms with Gasteiger partial charge in [0.25, 0.3) is 0 Å². The lowest BCUT2D eigenvalue weighted by atomic mass is 10.1. The van der Waals surface area contributed by atoms with Gasteiger partial charge in [-0.05, 0) is 50.0 Å². The van der Waals surface area contributed by atoms with E-state index >= 15 is 0 Å². The van der Waals surface area contributed by atoms with Crippen LogP contribution in [-0.4, -0.2) is 41.7 Å². The van der Waals surface area contributed by atoms with E-state index in [1.807, 2.05) is 6.20 Å². The van der Waals surface area contributed by atoms with E-state index in [9.17, 15) is 0 Å². The largest absolute Gasteiger partial charge is 0.385 e. The summed E-state index contributed by atoms with van der Waals surface area (Å²) in [5, 5.41) is 1.14. The number of hydrogen-bond donors (Lipinski definition) is 0. The molecule has 1 saturated heterocycles. The van der Waals surface area contributed by atoms with E-state index < -0.39 is 0 Å². The van der Waals surface area contributed by atoms with Crippen molar-refractivity contribution in [2.75, 3.05) is 26.8 Å². The summed E-state index contributed by atoms with van der Waals surface area (Å²) in [4.78, 5) is 11.6. The van der Waals surface area contributed by atoms with Gasteiger partial charge in [-0.1, -0.05) is 6.07 Å². The monoisotopic (exact) mass is 285 g/mol. The van der Waals surface area contributed by atoms with Crippen molar-refractivity contribution in [2.45, 2.75) is 32.2 Å². The van der Waals surface area contributed by atoms with E-state index in [0.717, 1.165) is 42.7 Å². The highest BCUT2D eigenvalue weighted by molar-refractivity contribution is 5.78. The molecule has 1 aromatic carbocycles. The van der Waals surface area contributed by atoms with Gasteiger partial charge in [-0.2, -0.15) is 0 Å². The summed E-state index contributed by atoms with van der Waals surface area (Å²) in [5.74, 6) is 0.909. The molecule has 0 spiro atoms. The lowest BCUT2D eigenvalue weighted by Gasteiger charge is -2.14. The number of methoxy groups -OCH3 is 1. The van der Waals surface area contributed by atoms with Crippen molar-refractivity contribution < 1.29 is 4.74 Å². The standard InChI is InChI=1S/C17H23N3O/c1-21-10-4-5-17-18-12-15-11-14(6-7-16(15)19-17)13-20-8-2-3-9-20/h6-7,11-12H,2-5,8-10,13H2,1H3. The van der Waals surface area contributed by atoms with Crippen molar-refractivity contribution >= 4 is 10.9 Å². The average molecular weight is 285 g/mol. The zero-order chi connectivity index (χ0) is 14.5. The van der Waals surface area contributed by atoms with E-state index in [0.29, 0.717) is 0 Å². The van der Waals surface area contributed by atoms with Gasteiger partial charge in [-0.15, -0.1) is 0 Å². The van der Waals surface area contributed by atoms with Crippen molar-refractivity contribution in [3.8, 4) is 0 Å². The number of rotatable bonds is 6. The van der Waals surface area contributed by atoms with Gasteiger partial charge in [0.15, 0.2) is 0 Å². The first-order valence-corrected chi connectivity index (χ1v) is 7.81. The minimum atomic E-state index is 0.760. The molecule has 4 heteroatoms. The second-order valence-electron chi connectivity index (χ2n) is 5.76. The third kappa shape index (κ3) is 3.77. The number of ether oxygens (including phenoxy) is 1. The van der Waals surface area contributed by atoms with Crippen LogP contribution in [0.2, 0.25) is 0 Å². The molecule has 2 aromatic rings. The average Bonchev–Trinajstić information content (AvgIpc) is 3.00. The maximum Gasteiger partial charge on any atom is 0.129 e. The van der Waals surface area contributed by atoms with Crippen LogP contribution in [0.5, 0.6) is 0 Å². The Balaban J connectivity index is 1.71. The van der Waals surface area contributed by atoms with Crippen molar-refractivity contribution in [1.82, 2.24) is 14.9 Å². The maximum atomic E-state index is 5.07. The molecule has 0 atom stereocenters. The lowest BCUT2D eigenvalue weighted by molar-refractivity contribution is 0.194. The van der Waals surface area contributed by atoms with Crippen LogP contribution >= 0.6 is 0 Å². The molecule has 1 aliphatic heterocycles. The zero-order valence-corrected chi connectivity index (χ0v) is 12.7. The van der Waals surface area contributed by atoms with Gasteiger partial charge in [0.2, 0.25) is 0 Å². The molecule has 0 N–H and O–H groups in total. The molecule has 1 fully saturated rings. The predicted molar refractivity (Wildman–Crippen MR) is 84.2 cm³/mol. The molecule has 3 rings (SSSR count). The summed E-state index contributed by atoms with van der Waals surface area (Å²) in [5.41, 5.74) is 2.41. The van der Waals surface area contributed by atoms with Gasteiger partial charge in [0, 0.05) is 38.3 Å². The van der Waals surface area contributed by atoms with Gasteiger partial charge >= 0.3 is 0 Å². The van der Waals surface area contributed by atoms with Crippen molar-refractivity contribution in [1.29, 1.82) is 0 Å². The highest BCUT2D eigenvalue weighted by atomic mass is 16.5. The molecule has 112 valence electrons. The van der Waals surface area contributed by atoms with E-state index in [2.05, 4.69) is 33.1 Å². The summed E-state index contributed by atoms with van der Waals surface area (Å²) in [6, 6.07) is 6.56. The van der Waals surface area contributed by atoms with Crippen LogP contribution in [0.15, 0.2) is 24.4 Å². The molecule has 0 radical (unpaired) electrons. The van der Waals surface area contributed by atoms with Crippen LogP contribution in [0.1, 0.15) is 30.7 Å². The minimum absolute atomic E-state index is 0.760. The number of nitrogens with zero attached hydrogens (tertiary/aromatic N) is 3. The summed E-state index contributed by atoms with van der Waals surface area (Å²) in [6.07, 6.45) is 6.47. The van der Waals surface area contributed by atoms with Crippen LogP contribution in [0, 0.1) is 0 Å². The first kappa shape index (κ1) is 14.4. The molecule has 0 unspecified atom stereocenters. The van der Waals surface area contributed by atoms with Gasteiger partial charge in [-0.25, -0.2) is 9.97 Å². The fourth-order valence-corrected chi connectivity index (χ4v) is 2.91. The fourth-order valence-electron chi connectivity index (χ4n) is 2.91. The minimum Gasteiger partial charge on any atom is -0.385 e. The number of aromatic nitrogens is 2. The molecule has 21 heavy (non-hydrogen) atoms. The van der Waals surface area contributed by atoms with Crippen molar-refractivity contribution in [3.05, 3.63) is 35.8 Å². The SMILES string of the molecule is COCCCc1ncc2cc(CN3CCCC3)ccc2n1. The zero-order valence-electron chi connectivity index (χ0n) is 12.7. The van der Waals surface area contributed by atoms with Gasteiger partial charge in [-0.3, -0.25) is 4.90 Å². The highest BCUT2D eigenvalue weighted by Crippen LogP contribution is 2.17. The molecule has 1 aliphatic rings. The molecule has 2 heterocycles. The Hall–Kier alpha value is -1.52. The maximum absolute atomic E-state index is 5.07. The summed E-state index contributed by atoms with van der Waals surface area (Å²) in [7, 11) is 1.73. The van der Waals surface area contributed by atoms with E-state index in [4.69, 9.17) is 4.74 Å². The molecule has 0 saturated carbocycles. The topological polar surface area (TPSA) is 38.2 Å². The second kappa shape index (κ2) is 6.96. The summed E-state index contributed by atoms with van der Waals surface area (Å²) < 4.78 is 5.07. The Bertz CT molecular complexity index is 594. The molecule has 0 bridgehead atoms. The van der Waals surface area contributed by atoms with Crippen LogP contribution in [-0.2, 0) is 17.7 Å². The quantitative estimate of drug-likeness (QED) is 0.765. The number of likely N-dealkylation sites (tertiary alicyclic amines) is 1. The third-order valence-electron chi connectivity index (χ3n) is 4.05. The molecule has 0 aliphatic carbocycles. The van der Waals surface area contributed by atoms with Crippen molar-refractivity contribution in [3.63, 3.8) is 0 Å². The first-order valence-electron chi connectivity index (χ1n) is 7.81. The molecule has 0 amide bonds. The Labute approximate surface area is 126 Å². The Morgan fingerprint density at radius 3 is 2.90 bits per heavy atom. The summed E-state index contributed by atoms with van der Waals surface area (Å²) >= 11 is 0. The smallest absolute Gasteiger partial charge is 0.129 e. The summed E-state index contributed by atoms with van der Waals surface area (Å²) in [6.45, 7) is 4.27. The highest BCUT2D eigenvalue weighted by Gasteiger charge is 2.12. The van der Waals surface area contributed by atoms with E-state index in [-0.39, 0.29) is 0 Å². The molecular weight excluding hydrogens is 262 g/mol. The fraction of sp³-hybridized carbons (Fsp3) is 0.529. The molecule has 4 nitrogen and oxygen atoms in total. The van der Waals surface area contributed by atoms with Crippen molar-refractivity contribution in [2.24, 2.45) is 0 Å². The van der Waals surface area contributed by atoms with Gasteiger partial charge in [0.1, 0.15) is 5.82 Å². The number of aryl methyl sites for hydroxylation is 1. The molecular formula is C17H23N3O.